The number of carbonyl (C=O) groups is 2. The number of fused-ring (bicyclic) bond motifs is 1. The van der Waals surface area contributed by atoms with Crippen molar-refractivity contribution in [3.8, 4) is 11.5 Å². The van der Waals surface area contributed by atoms with Crippen LogP contribution in [0.1, 0.15) is 48.7 Å². The zero-order chi connectivity index (χ0) is 26.8. The Bertz CT molecular complexity index is 1270. The van der Waals surface area contributed by atoms with Gasteiger partial charge in [-0.25, -0.2) is 4.79 Å². The minimum absolute atomic E-state index is 0.0680. The first-order chi connectivity index (χ1) is 16.7. The molecule has 1 amide bonds. The number of carboxylic acids is 1. The van der Waals surface area contributed by atoms with Crippen molar-refractivity contribution < 1.29 is 37.3 Å². The van der Waals surface area contributed by atoms with Crippen molar-refractivity contribution in [3.05, 3.63) is 57.4 Å². The Kier molecular flexibility index (Phi) is 8.10. The number of rotatable bonds is 9. The molecule has 0 saturated heterocycles. The highest BCUT2D eigenvalue weighted by Crippen LogP contribution is 2.42. The van der Waals surface area contributed by atoms with Crippen molar-refractivity contribution in [1.82, 2.24) is 5.32 Å². The van der Waals surface area contributed by atoms with Gasteiger partial charge in [-0.05, 0) is 54.2 Å². The average Bonchev–Trinajstić information content (AvgIpc) is 3.09. The van der Waals surface area contributed by atoms with E-state index in [4.69, 9.17) is 16.3 Å². The first-order valence-corrected chi connectivity index (χ1v) is 12.2. The van der Waals surface area contributed by atoms with Crippen LogP contribution < -0.4 is 14.8 Å². The average molecular weight is 544 g/mol. The van der Waals surface area contributed by atoms with Crippen LogP contribution in [-0.2, 0) is 11.4 Å². The molecule has 0 radical (unpaired) electrons. The molecule has 3 rings (SSSR count). The molecule has 2 aromatic carbocycles. The maximum Gasteiger partial charge on any atom is 0.573 e. The van der Waals surface area contributed by atoms with E-state index in [1.54, 1.807) is 26.8 Å². The molecule has 0 bridgehead atoms. The van der Waals surface area contributed by atoms with Crippen molar-refractivity contribution in [2.45, 2.75) is 53.1 Å². The molecule has 0 fully saturated rings. The van der Waals surface area contributed by atoms with Crippen molar-refractivity contribution in [2.75, 3.05) is 0 Å². The minimum Gasteiger partial charge on any atom is -0.487 e. The predicted molar refractivity (Wildman–Crippen MR) is 132 cm³/mol. The summed E-state index contributed by atoms with van der Waals surface area (Å²) in [5.74, 6) is -1.95. The molecule has 1 heterocycles. The number of nitrogens with one attached hydrogen (secondary N) is 1. The minimum atomic E-state index is -4.80. The van der Waals surface area contributed by atoms with Crippen molar-refractivity contribution >= 4 is 44.9 Å². The molecular formula is C25H25ClF3NO5S. The Hall–Kier alpha value is -2.98. The van der Waals surface area contributed by atoms with Crippen molar-refractivity contribution in [3.63, 3.8) is 0 Å². The molecular weight excluding hydrogens is 519 g/mol. The monoisotopic (exact) mass is 543 g/mol. The highest BCUT2D eigenvalue weighted by atomic mass is 35.5. The lowest BCUT2D eigenvalue weighted by Crippen LogP contribution is -2.50. The highest BCUT2D eigenvalue weighted by molar-refractivity contribution is 7.23. The molecule has 11 heteroatoms. The maximum atomic E-state index is 13.3. The number of thiophene rings is 1. The zero-order valence-corrected chi connectivity index (χ0v) is 21.5. The number of ether oxygens (including phenoxy) is 2. The van der Waals surface area contributed by atoms with Gasteiger partial charge in [-0.15, -0.1) is 24.5 Å². The van der Waals surface area contributed by atoms with E-state index in [9.17, 15) is 27.9 Å². The standard InChI is InChI=1S/C25H25ClF3NO5S/c1-5-24(3,4)20(23(32)33)30-22(31)16-10-11-17-18(13(2)21(26)36-17)19(16)34-12-14-6-8-15(9-7-14)35-25(27,28)29/h6-11,20H,5,12H2,1-4H3,(H,30,31)(H,32,33). The third kappa shape index (κ3) is 6.22. The van der Waals surface area contributed by atoms with Crippen LogP contribution in [0, 0.1) is 12.3 Å². The molecule has 1 atom stereocenters. The highest BCUT2D eigenvalue weighted by Gasteiger charge is 2.36. The predicted octanol–water partition coefficient (Wildman–Crippen LogP) is 6.96. The fourth-order valence-corrected chi connectivity index (χ4v) is 4.83. The van der Waals surface area contributed by atoms with Crippen molar-refractivity contribution in [1.29, 1.82) is 0 Å². The maximum absolute atomic E-state index is 13.3. The van der Waals surface area contributed by atoms with Gasteiger partial charge in [0.05, 0.1) is 9.90 Å². The van der Waals surface area contributed by atoms with Crippen LogP contribution in [0.3, 0.4) is 0 Å². The second-order valence-corrected chi connectivity index (χ2v) is 10.5. The number of amides is 1. The van der Waals surface area contributed by atoms with Gasteiger partial charge in [-0.2, -0.15) is 0 Å². The second kappa shape index (κ2) is 10.6. The molecule has 0 aliphatic heterocycles. The summed E-state index contributed by atoms with van der Waals surface area (Å²) in [6.07, 6.45) is -4.29. The van der Waals surface area contributed by atoms with Crippen LogP contribution in [0.4, 0.5) is 13.2 Å². The summed E-state index contributed by atoms with van der Waals surface area (Å²) in [6, 6.07) is 7.26. The van der Waals surface area contributed by atoms with Gasteiger partial charge in [-0.3, -0.25) is 4.79 Å². The first kappa shape index (κ1) is 27.6. The Labute approximate surface area is 215 Å². The smallest absolute Gasteiger partial charge is 0.487 e. The normalized spacial score (nSPS) is 12.9. The topological polar surface area (TPSA) is 84.9 Å². The van der Waals surface area contributed by atoms with Crippen LogP contribution >= 0.6 is 22.9 Å². The summed E-state index contributed by atoms with van der Waals surface area (Å²) < 4.78 is 48.5. The summed E-state index contributed by atoms with van der Waals surface area (Å²) in [5.41, 5.74) is 0.630. The van der Waals surface area contributed by atoms with Crippen LogP contribution in [0.2, 0.25) is 4.34 Å². The zero-order valence-electron chi connectivity index (χ0n) is 20.0. The number of carboxylic acid groups (broad SMARTS) is 1. The fourth-order valence-electron chi connectivity index (χ4n) is 3.55. The summed E-state index contributed by atoms with van der Waals surface area (Å²) in [7, 11) is 0. The van der Waals surface area contributed by atoms with Gasteiger partial charge in [0.15, 0.2) is 0 Å². The van der Waals surface area contributed by atoms with Crippen molar-refractivity contribution in [2.24, 2.45) is 5.41 Å². The number of benzene rings is 2. The van der Waals surface area contributed by atoms with E-state index in [-0.39, 0.29) is 23.7 Å². The van der Waals surface area contributed by atoms with E-state index in [1.165, 1.54) is 29.5 Å². The Morgan fingerprint density at radius 1 is 1.14 bits per heavy atom. The summed E-state index contributed by atoms with van der Waals surface area (Å²) in [6.45, 7) is 7.05. The number of alkyl halides is 3. The molecule has 0 aliphatic rings. The molecule has 2 N–H and O–H groups in total. The van der Waals surface area contributed by atoms with E-state index in [1.807, 2.05) is 6.92 Å². The van der Waals surface area contributed by atoms with E-state index in [2.05, 4.69) is 10.1 Å². The summed E-state index contributed by atoms with van der Waals surface area (Å²) in [4.78, 5) is 25.2. The van der Waals surface area contributed by atoms with E-state index < -0.39 is 29.7 Å². The summed E-state index contributed by atoms with van der Waals surface area (Å²) in [5, 5.41) is 12.9. The first-order valence-electron chi connectivity index (χ1n) is 11.0. The van der Waals surface area contributed by atoms with Gasteiger partial charge in [0, 0.05) is 10.1 Å². The third-order valence-corrected chi connectivity index (χ3v) is 7.55. The third-order valence-electron chi connectivity index (χ3n) is 5.99. The number of carbonyl (C=O) groups excluding carboxylic acids is 1. The Morgan fingerprint density at radius 2 is 1.78 bits per heavy atom. The molecule has 3 aromatic rings. The molecule has 1 unspecified atom stereocenters. The quantitative estimate of drug-likeness (QED) is 0.305. The van der Waals surface area contributed by atoms with Gasteiger partial charge in [0.1, 0.15) is 24.1 Å². The lowest BCUT2D eigenvalue weighted by Gasteiger charge is -2.31. The lowest BCUT2D eigenvalue weighted by atomic mass is 9.81. The largest absolute Gasteiger partial charge is 0.573 e. The number of hydrogen-bond acceptors (Lipinski definition) is 5. The van der Waals surface area contributed by atoms with E-state index in [0.29, 0.717) is 27.3 Å². The second-order valence-electron chi connectivity index (χ2n) is 8.88. The molecule has 0 aliphatic carbocycles. The van der Waals surface area contributed by atoms with Crippen LogP contribution in [0.5, 0.6) is 11.5 Å². The number of aryl methyl sites for hydroxylation is 1. The van der Waals surface area contributed by atoms with Gasteiger partial charge < -0.3 is 19.9 Å². The van der Waals surface area contributed by atoms with Crippen LogP contribution in [0.25, 0.3) is 10.1 Å². The molecule has 0 saturated carbocycles. The molecule has 6 nitrogen and oxygen atoms in total. The summed E-state index contributed by atoms with van der Waals surface area (Å²) >= 11 is 7.63. The van der Waals surface area contributed by atoms with E-state index in [0.717, 1.165) is 16.8 Å². The molecule has 0 spiro atoms. The number of aliphatic carboxylic acids is 1. The van der Waals surface area contributed by atoms with Gasteiger partial charge in [0.2, 0.25) is 0 Å². The molecule has 36 heavy (non-hydrogen) atoms. The molecule has 1 aromatic heterocycles. The fraction of sp³-hybridized carbons (Fsp3) is 0.360. The lowest BCUT2D eigenvalue weighted by molar-refractivity contribution is -0.274. The van der Waals surface area contributed by atoms with Gasteiger partial charge >= 0.3 is 12.3 Å². The van der Waals surface area contributed by atoms with Crippen LogP contribution in [0.15, 0.2) is 36.4 Å². The van der Waals surface area contributed by atoms with E-state index >= 15 is 0 Å². The van der Waals surface area contributed by atoms with Gasteiger partial charge in [0.25, 0.3) is 5.91 Å². The SMILES string of the molecule is CCC(C)(C)C(NC(=O)c1ccc2sc(Cl)c(C)c2c1OCc1ccc(OC(F)(F)F)cc1)C(=O)O. The molecule has 194 valence electrons. The number of halogens is 4. The Morgan fingerprint density at radius 3 is 2.33 bits per heavy atom. The Balaban J connectivity index is 1.95. The van der Waals surface area contributed by atoms with Gasteiger partial charge in [-0.1, -0.05) is 44.5 Å². The number of hydrogen-bond donors (Lipinski definition) is 2. The van der Waals surface area contributed by atoms with Crippen LogP contribution in [-0.4, -0.2) is 29.4 Å².